The Hall–Kier alpha value is -0.870. The van der Waals surface area contributed by atoms with Crippen molar-refractivity contribution in [2.75, 3.05) is 20.1 Å². The maximum atomic E-state index is 4.45. The van der Waals surface area contributed by atoms with E-state index in [1.165, 1.54) is 30.6 Å². The molecular weight excluding hydrogens is 236 g/mol. The fraction of sp³-hybridized carbons (Fsp3) is 0.800. The lowest BCUT2D eigenvalue weighted by atomic mass is 9.84. The van der Waals surface area contributed by atoms with Crippen molar-refractivity contribution in [3.8, 4) is 0 Å². The summed E-state index contributed by atoms with van der Waals surface area (Å²) >= 11 is 0. The van der Waals surface area contributed by atoms with Crippen LogP contribution in [0.3, 0.4) is 0 Å². The van der Waals surface area contributed by atoms with Crippen molar-refractivity contribution in [2.45, 2.75) is 45.7 Å². The smallest absolute Gasteiger partial charge is 0.0540 e. The molecule has 2 rings (SSSR count). The summed E-state index contributed by atoms with van der Waals surface area (Å²) in [4.78, 5) is 2.65. The van der Waals surface area contributed by atoms with Gasteiger partial charge in [0.2, 0.25) is 0 Å². The number of likely N-dealkylation sites (tertiary alicyclic amines) is 1. The molecule has 1 aromatic heterocycles. The zero-order valence-corrected chi connectivity index (χ0v) is 13.0. The molecule has 0 amide bonds. The van der Waals surface area contributed by atoms with Crippen LogP contribution in [-0.2, 0) is 7.05 Å². The van der Waals surface area contributed by atoms with E-state index in [1.54, 1.807) is 0 Å². The normalized spacial score (nSPS) is 25.2. The lowest BCUT2D eigenvalue weighted by Gasteiger charge is -2.43. The second-order valence-electron chi connectivity index (χ2n) is 6.05. The minimum absolute atomic E-state index is 0.509. The highest BCUT2D eigenvalue weighted by atomic mass is 15.3. The van der Waals surface area contributed by atoms with Crippen molar-refractivity contribution in [1.82, 2.24) is 20.0 Å². The van der Waals surface area contributed by atoms with Crippen molar-refractivity contribution in [3.63, 3.8) is 0 Å². The van der Waals surface area contributed by atoms with E-state index >= 15 is 0 Å². The standard InChI is InChI=1S/C15H28N4/c1-11(2)19-8-6-7-13(9-16-4)15(19)14-10-17-18(5)12(14)3/h10-11,13,15-16H,6-9H2,1-5H3. The van der Waals surface area contributed by atoms with Crippen LogP contribution < -0.4 is 5.32 Å². The van der Waals surface area contributed by atoms with Gasteiger partial charge in [0.1, 0.15) is 0 Å². The number of nitrogens with one attached hydrogen (secondary N) is 1. The molecule has 1 aromatic rings. The topological polar surface area (TPSA) is 33.1 Å². The van der Waals surface area contributed by atoms with Crippen LogP contribution in [0.4, 0.5) is 0 Å². The Bertz CT molecular complexity index is 408. The van der Waals surface area contributed by atoms with Gasteiger partial charge in [-0.2, -0.15) is 5.10 Å². The average Bonchev–Trinajstić information content (AvgIpc) is 2.70. The third-order valence-electron chi connectivity index (χ3n) is 4.52. The monoisotopic (exact) mass is 264 g/mol. The molecule has 0 bridgehead atoms. The largest absolute Gasteiger partial charge is 0.319 e. The van der Waals surface area contributed by atoms with Crippen LogP contribution in [0.2, 0.25) is 0 Å². The van der Waals surface area contributed by atoms with Crippen LogP contribution in [0.1, 0.15) is 44.0 Å². The Morgan fingerprint density at radius 2 is 2.21 bits per heavy atom. The van der Waals surface area contributed by atoms with Crippen LogP contribution in [0.15, 0.2) is 6.20 Å². The molecule has 1 fully saturated rings. The second-order valence-corrected chi connectivity index (χ2v) is 6.05. The summed E-state index contributed by atoms with van der Waals surface area (Å²) in [5.74, 6) is 0.684. The fourth-order valence-corrected chi connectivity index (χ4v) is 3.40. The summed E-state index contributed by atoms with van der Waals surface area (Å²) in [7, 11) is 4.09. The van der Waals surface area contributed by atoms with Gasteiger partial charge in [0.25, 0.3) is 0 Å². The van der Waals surface area contributed by atoms with E-state index < -0.39 is 0 Å². The van der Waals surface area contributed by atoms with E-state index in [0.717, 1.165) is 6.54 Å². The van der Waals surface area contributed by atoms with E-state index in [4.69, 9.17) is 0 Å². The van der Waals surface area contributed by atoms with Gasteiger partial charge in [-0.3, -0.25) is 9.58 Å². The number of aryl methyl sites for hydroxylation is 1. The van der Waals surface area contributed by atoms with Crippen LogP contribution in [0.25, 0.3) is 0 Å². The van der Waals surface area contributed by atoms with Gasteiger partial charge in [0.05, 0.1) is 6.20 Å². The average molecular weight is 264 g/mol. The Morgan fingerprint density at radius 1 is 1.47 bits per heavy atom. The first-order valence-electron chi connectivity index (χ1n) is 7.45. The van der Waals surface area contributed by atoms with Gasteiger partial charge in [-0.1, -0.05) is 0 Å². The van der Waals surface area contributed by atoms with Crippen LogP contribution in [0, 0.1) is 12.8 Å². The second kappa shape index (κ2) is 6.06. The highest BCUT2D eigenvalue weighted by Crippen LogP contribution is 2.38. The quantitative estimate of drug-likeness (QED) is 0.904. The molecule has 1 aliphatic rings. The van der Waals surface area contributed by atoms with Gasteiger partial charge in [-0.15, -0.1) is 0 Å². The maximum Gasteiger partial charge on any atom is 0.0540 e. The summed E-state index contributed by atoms with van der Waals surface area (Å²) < 4.78 is 2.00. The molecule has 2 unspecified atom stereocenters. The predicted molar refractivity (Wildman–Crippen MR) is 79.2 cm³/mol. The number of rotatable bonds is 4. The first kappa shape index (κ1) is 14.5. The lowest BCUT2D eigenvalue weighted by Crippen LogP contribution is -2.45. The van der Waals surface area contributed by atoms with E-state index in [2.05, 4.69) is 49.3 Å². The molecule has 0 spiro atoms. The van der Waals surface area contributed by atoms with Gasteiger partial charge in [-0.05, 0) is 59.7 Å². The molecule has 0 aliphatic carbocycles. The summed E-state index contributed by atoms with van der Waals surface area (Å²) in [6, 6.07) is 1.10. The molecule has 2 atom stereocenters. The van der Waals surface area contributed by atoms with Gasteiger partial charge in [-0.25, -0.2) is 0 Å². The summed E-state index contributed by atoms with van der Waals surface area (Å²) in [5, 5.41) is 7.82. The van der Waals surface area contributed by atoms with Gasteiger partial charge in [0.15, 0.2) is 0 Å². The van der Waals surface area contributed by atoms with E-state index in [1.807, 2.05) is 11.7 Å². The van der Waals surface area contributed by atoms with Crippen molar-refractivity contribution >= 4 is 0 Å². The van der Waals surface area contributed by atoms with Gasteiger partial charge >= 0.3 is 0 Å². The number of piperidine rings is 1. The Labute approximate surface area is 117 Å². The van der Waals surface area contributed by atoms with Crippen molar-refractivity contribution in [3.05, 3.63) is 17.5 Å². The van der Waals surface area contributed by atoms with E-state index in [-0.39, 0.29) is 0 Å². The zero-order valence-electron chi connectivity index (χ0n) is 13.0. The van der Waals surface area contributed by atoms with Gasteiger partial charge in [0, 0.05) is 30.4 Å². The highest BCUT2D eigenvalue weighted by Gasteiger charge is 2.35. The Morgan fingerprint density at radius 3 is 2.74 bits per heavy atom. The first-order valence-corrected chi connectivity index (χ1v) is 7.45. The van der Waals surface area contributed by atoms with Crippen LogP contribution in [0.5, 0.6) is 0 Å². The molecule has 0 aromatic carbocycles. The summed E-state index contributed by atoms with van der Waals surface area (Å²) in [5.41, 5.74) is 2.72. The summed E-state index contributed by atoms with van der Waals surface area (Å²) in [6.07, 6.45) is 4.69. The molecule has 4 nitrogen and oxygen atoms in total. The number of hydrogen-bond acceptors (Lipinski definition) is 3. The van der Waals surface area contributed by atoms with Crippen molar-refractivity contribution < 1.29 is 0 Å². The third kappa shape index (κ3) is 2.84. The molecule has 0 radical (unpaired) electrons. The molecular formula is C15H28N4. The minimum atomic E-state index is 0.509. The molecule has 2 heterocycles. The number of nitrogens with zero attached hydrogens (tertiary/aromatic N) is 3. The molecule has 19 heavy (non-hydrogen) atoms. The van der Waals surface area contributed by atoms with Crippen molar-refractivity contribution in [1.29, 1.82) is 0 Å². The zero-order chi connectivity index (χ0) is 14.0. The third-order valence-corrected chi connectivity index (χ3v) is 4.52. The first-order chi connectivity index (χ1) is 9.06. The predicted octanol–water partition coefficient (Wildman–Crippen LogP) is 2.11. The fourth-order valence-electron chi connectivity index (χ4n) is 3.40. The van der Waals surface area contributed by atoms with Crippen molar-refractivity contribution in [2.24, 2.45) is 13.0 Å². The molecule has 108 valence electrons. The number of hydrogen-bond donors (Lipinski definition) is 1. The highest BCUT2D eigenvalue weighted by molar-refractivity contribution is 5.22. The van der Waals surface area contributed by atoms with E-state index in [0.29, 0.717) is 18.0 Å². The molecule has 4 heteroatoms. The maximum absolute atomic E-state index is 4.45. The molecule has 1 aliphatic heterocycles. The molecule has 1 N–H and O–H groups in total. The van der Waals surface area contributed by atoms with Gasteiger partial charge < -0.3 is 5.32 Å². The van der Waals surface area contributed by atoms with Crippen LogP contribution >= 0.6 is 0 Å². The minimum Gasteiger partial charge on any atom is -0.319 e. The van der Waals surface area contributed by atoms with Crippen LogP contribution in [-0.4, -0.2) is 40.9 Å². The Kier molecular flexibility index (Phi) is 4.63. The summed E-state index contributed by atoms with van der Waals surface area (Å²) in [6.45, 7) is 9.09. The molecule has 1 saturated heterocycles. The van der Waals surface area contributed by atoms with E-state index in [9.17, 15) is 0 Å². The molecule has 0 saturated carbocycles. The lowest BCUT2D eigenvalue weighted by molar-refractivity contribution is 0.0631. The SMILES string of the molecule is CNCC1CCCN(C(C)C)C1c1cnn(C)c1C. The Balaban J connectivity index is 2.34. The number of aromatic nitrogens is 2.